The Kier molecular flexibility index (Phi) is 5.55. The van der Waals surface area contributed by atoms with Crippen molar-refractivity contribution in [1.82, 2.24) is 4.98 Å². The number of hydrogen-bond acceptors (Lipinski definition) is 3. The van der Waals surface area contributed by atoms with E-state index >= 15 is 0 Å². The molecule has 0 bridgehead atoms. The molecular formula is C17H21FN2O. The van der Waals surface area contributed by atoms with Gasteiger partial charge in [-0.2, -0.15) is 0 Å². The van der Waals surface area contributed by atoms with Crippen molar-refractivity contribution >= 4 is 5.82 Å². The number of ether oxygens (including phenoxy) is 1. The predicted octanol–water partition coefficient (Wildman–Crippen LogP) is 4.05. The van der Waals surface area contributed by atoms with Crippen molar-refractivity contribution in [3.63, 3.8) is 0 Å². The Morgan fingerprint density at radius 2 is 2.00 bits per heavy atom. The Morgan fingerprint density at radius 3 is 2.71 bits per heavy atom. The van der Waals surface area contributed by atoms with E-state index in [1.54, 1.807) is 18.3 Å². The van der Waals surface area contributed by atoms with Crippen LogP contribution in [0.1, 0.15) is 25.8 Å². The summed E-state index contributed by atoms with van der Waals surface area (Å²) in [6.07, 6.45) is 3.50. The van der Waals surface area contributed by atoms with Crippen LogP contribution >= 0.6 is 0 Å². The molecule has 1 heterocycles. The Labute approximate surface area is 125 Å². The van der Waals surface area contributed by atoms with Crippen molar-refractivity contribution in [1.29, 1.82) is 0 Å². The average Bonchev–Trinajstić information content (AvgIpc) is 2.49. The Balaban J connectivity index is 1.98. The number of nitrogens with one attached hydrogen (secondary N) is 1. The number of nitrogens with zero attached hydrogens (tertiary/aromatic N) is 1. The van der Waals surface area contributed by atoms with Crippen molar-refractivity contribution in [3.05, 3.63) is 54.0 Å². The highest BCUT2D eigenvalue weighted by molar-refractivity contribution is 5.50. The summed E-state index contributed by atoms with van der Waals surface area (Å²) in [5.41, 5.74) is 1.09. The Morgan fingerprint density at radius 1 is 1.24 bits per heavy atom. The number of rotatable bonds is 7. The third-order valence-corrected chi connectivity index (χ3v) is 3.07. The number of aromatic nitrogens is 1. The lowest BCUT2D eigenvalue weighted by Crippen LogP contribution is -2.19. The molecule has 0 fully saturated rings. The maximum absolute atomic E-state index is 12.9. The maximum atomic E-state index is 12.9. The number of anilines is 1. The molecule has 1 aromatic carbocycles. The van der Waals surface area contributed by atoms with Crippen molar-refractivity contribution in [3.8, 4) is 5.75 Å². The minimum absolute atomic E-state index is 0.175. The minimum Gasteiger partial charge on any atom is -0.490 e. The van der Waals surface area contributed by atoms with Crippen LogP contribution in [0.15, 0.2) is 42.6 Å². The molecule has 21 heavy (non-hydrogen) atoms. The zero-order chi connectivity index (χ0) is 15.1. The van der Waals surface area contributed by atoms with Gasteiger partial charge < -0.3 is 10.1 Å². The topological polar surface area (TPSA) is 34.1 Å². The first-order valence-electron chi connectivity index (χ1n) is 7.28. The first kappa shape index (κ1) is 15.3. The first-order chi connectivity index (χ1) is 10.2. The molecule has 3 nitrogen and oxygen atoms in total. The van der Waals surface area contributed by atoms with Crippen molar-refractivity contribution in [2.24, 2.45) is 0 Å². The number of benzene rings is 1. The van der Waals surface area contributed by atoms with E-state index in [4.69, 9.17) is 4.74 Å². The van der Waals surface area contributed by atoms with E-state index < -0.39 is 0 Å². The van der Waals surface area contributed by atoms with Crippen LogP contribution < -0.4 is 10.1 Å². The molecule has 2 rings (SSSR count). The number of halogens is 1. The van der Waals surface area contributed by atoms with E-state index in [1.165, 1.54) is 12.1 Å². The Bertz CT molecular complexity index is 557. The molecule has 0 radical (unpaired) electrons. The van der Waals surface area contributed by atoms with Gasteiger partial charge in [0.2, 0.25) is 0 Å². The smallest absolute Gasteiger partial charge is 0.168 e. The van der Waals surface area contributed by atoms with Crippen molar-refractivity contribution in [2.75, 3.05) is 11.9 Å². The normalized spacial score (nSPS) is 12.0. The molecule has 1 N–H and O–H groups in total. The molecule has 0 aliphatic rings. The van der Waals surface area contributed by atoms with Gasteiger partial charge in [0.15, 0.2) is 11.6 Å². The van der Waals surface area contributed by atoms with E-state index in [1.807, 2.05) is 12.1 Å². The van der Waals surface area contributed by atoms with E-state index in [9.17, 15) is 4.39 Å². The third kappa shape index (κ3) is 4.74. The molecular weight excluding hydrogens is 267 g/mol. The van der Waals surface area contributed by atoms with Gasteiger partial charge in [-0.05, 0) is 49.6 Å². The van der Waals surface area contributed by atoms with Gasteiger partial charge in [-0.1, -0.05) is 19.1 Å². The monoisotopic (exact) mass is 288 g/mol. The quantitative estimate of drug-likeness (QED) is 0.834. The van der Waals surface area contributed by atoms with E-state index in [2.05, 4.69) is 24.1 Å². The van der Waals surface area contributed by atoms with E-state index in [0.717, 1.165) is 30.0 Å². The van der Waals surface area contributed by atoms with Gasteiger partial charge in [0.1, 0.15) is 5.82 Å². The predicted molar refractivity (Wildman–Crippen MR) is 83.2 cm³/mol. The van der Waals surface area contributed by atoms with Gasteiger partial charge in [0.05, 0.1) is 6.61 Å². The molecule has 4 heteroatoms. The van der Waals surface area contributed by atoms with Crippen LogP contribution in [0.25, 0.3) is 0 Å². The fourth-order valence-corrected chi connectivity index (χ4v) is 2.09. The molecule has 0 spiro atoms. The van der Waals surface area contributed by atoms with Gasteiger partial charge in [0, 0.05) is 12.2 Å². The fraction of sp³-hybridized carbons (Fsp3) is 0.353. The zero-order valence-electron chi connectivity index (χ0n) is 12.5. The summed E-state index contributed by atoms with van der Waals surface area (Å²) < 4.78 is 18.6. The summed E-state index contributed by atoms with van der Waals surface area (Å²) in [7, 11) is 0. The van der Waals surface area contributed by atoms with Crippen LogP contribution in [0.2, 0.25) is 0 Å². The molecule has 1 atom stereocenters. The van der Waals surface area contributed by atoms with Crippen LogP contribution in [0, 0.1) is 5.82 Å². The number of pyridine rings is 1. The highest BCUT2D eigenvalue weighted by Gasteiger charge is 2.09. The fourth-order valence-electron chi connectivity index (χ4n) is 2.09. The number of hydrogen-bond donors (Lipinski definition) is 1. The standard InChI is InChI=1S/C17H21FN2O/c1-3-11-21-16-5-4-10-19-17(16)20-13(2)12-14-6-8-15(18)9-7-14/h4-10,13H,3,11-12H2,1-2H3,(H,19,20). The minimum atomic E-state index is -0.209. The van der Waals surface area contributed by atoms with Gasteiger partial charge in [-0.15, -0.1) is 0 Å². The first-order valence-corrected chi connectivity index (χ1v) is 7.28. The zero-order valence-corrected chi connectivity index (χ0v) is 12.5. The molecule has 0 aliphatic carbocycles. The maximum Gasteiger partial charge on any atom is 0.168 e. The molecule has 1 aromatic heterocycles. The second-order valence-electron chi connectivity index (χ2n) is 5.07. The largest absolute Gasteiger partial charge is 0.490 e. The average molecular weight is 288 g/mol. The lowest BCUT2D eigenvalue weighted by Gasteiger charge is -2.17. The van der Waals surface area contributed by atoms with Crippen molar-refractivity contribution < 1.29 is 9.13 Å². The highest BCUT2D eigenvalue weighted by Crippen LogP contribution is 2.22. The van der Waals surface area contributed by atoms with Crippen LogP contribution in [0.4, 0.5) is 10.2 Å². The third-order valence-electron chi connectivity index (χ3n) is 3.07. The second-order valence-corrected chi connectivity index (χ2v) is 5.07. The Hall–Kier alpha value is -2.10. The lowest BCUT2D eigenvalue weighted by molar-refractivity contribution is 0.317. The molecule has 0 saturated carbocycles. The summed E-state index contributed by atoms with van der Waals surface area (Å²) in [5.74, 6) is 1.31. The van der Waals surface area contributed by atoms with Gasteiger partial charge in [-0.3, -0.25) is 0 Å². The summed E-state index contributed by atoms with van der Waals surface area (Å²) >= 11 is 0. The van der Waals surface area contributed by atoms with E-state index in [0.29, 0.717) is 6.61 Å². The van der Waals surface area contributed by atoms with Crippen LogP contribution in [-0.4, -0.2) is 17.6 Å². The van der Waals surface area contributed by atoms with Crippen LogP contribution in [-0.2, 0) is 6.42 Å². The molecule has 0 saturated heterocycles. The van der Waals surface area contributed by atoms with Gasteiger partial charge in [0.25, 0.3) is 0 Å². The van der Waals surface area contributed by atoms with Crippen molar-refractivity contribution in [2.45, 2.75) is 32.7 Å². The molecule has 2 aromatic rings. The van der Waals surface area contributed by atoms with E-state index in [-0.39, 0.29) is 11.9 Å². The molecule has 0 amide bonds. The second kappa shape index (κ2) is 7.62. The van der Waals surface area contributed by atoms with Gasteiger partial charge in [-0.25, -0.2) is 9.37 Å². The molecule has 0 aliphatic heterocycles. The van der Waals surface area contributed by atoms with Crippen LogP contribution in [0.5, 0.6) is 5.75 Å². The lowest BCUT2D eigenvalue weighted by atomic mass is 10.1. The molecule has 1 unspecified atom stereocenters. The van der Waals surface area contributed by atoms with Gasteiger partial charge >= 0.3 is 0 Å². The van der Waals surface area contributed by atoms with Crippen LogP contribution in [0.3, 0.4) is 0 Å². The highest BCUT2D eigenvalue weighted by atomic mass is 19.1. The molecule has 112 valence electrons. The summed E-state index contributed by atoms with van der Waals surface area (Å²) in [6, 6.07) is 10.5. The summed E-state index contributed by atoms with van der Waals surface area (Å²) in [4.78, 5) is 4.33. The summed E-state index contributed by atoms with van der Waals surface area (Å²) in [5, 5.41) is 3.35. The summed E-state index contributed by atoms with van der Waals surface area (Å²) in [6.45, 7) is 4.81. The SMILES string of the molecule is CCCOc1cccnc1NC(C)Cc1ccc(F)cc1.